The van der Waals surface area contributed by atoms with Gasteiger partial charge in [-0.3, -0.25) is 4.79 Å². The van der Waals surface area contributed by atoms with E-state index in [1.807, 2.05) is 10.6 Å². The molecule has 3 heteroatoms. The Morgan fingerprint density at radius 1 is 1.31 bits per heavy atom. The molecule has 2 aliphatic rings. The fourth-order valence-corrected chi connectivity index (χ4v) is 3.39. The van der Waals surface area contributed by atoms with Crippen molar-refractivity contribution in [2.75, 3.05) is 5.33 Å². The zero-order valence-corrected chi connectivity index (χ0v) is 10.9. The number of alkyl halides is 1. The summed E-state index contributed by atoms with van der Waals surface area (Å²) in [7, 11) is 0. The summed E-state index contributed by atoms with van der Waals surface area (Å²) in [6, 6.07) is 3.77. The molecule has 0 unspecified atom stereocenters. The molecule has 3 rings (SSSR count). The molecule has 0 bridgehead atoms. The van der Waals surface area contributed by atoms with Crippen LogP contribution in [0.4, 0.5) is 0 Å². The maximum Gasteiger partial charge on any atom is 0.250 e. The second kappa shape index (κ2) is 3.73. The maximum atomic E-state index is 11.9. The summed E-state index contributed by atoms with van der Waals surface area (Å²) in [6.45, 7) is 0.917. The molecule has 2 nitrogen and oxygen atoms in total. The largest absolute Gasteiger partial charge is 0.312 e. The molecule has 1 fully saturated rings. The molecule has 86 valence electrons. The quantitative estimate of drug-likeness (QED) is 0.781. The van der Waals surface area contributed by atoms with Crippen LogP contribution in [-0.2, 0) is 19.4 Å². The number of fused-ring (bicyclic) bond motifs is 1. The zero-order chi connectivity index (χ0) is 11.2. The van der Waals surface area contributed by atoms with Crippen LogP contribution >= 0.6 is 15.9 Å². The summed E-state index contributed by atoms with van der Waals surface area (Å²) in [5.74, 6) is 0. The molecule has 0 spiro atoms. The van der Waals surface area contributed by atoms with E-state index < -0.39 is 0 Å². The first kappa shape index (κ1) is 10.6. The molecule has 1 aromatic heterocycles. The fourth-order valence-electron chi connectivity index (χ4n) is 2.65. The average molecular weight is 282 g/mol. The Morgan fingerprint density at radius 3 is 2.81 bits per heavy atom. The lowest BCUT2D eigenvalue weighted by atomic mass is 10.1. The van der Waals surface area contributed by atoms with Crippen molar-refractivity contribution in [1.29, 1.82) is 0 Å². The normalized spacial score (nSPS) is 20.8. The van der Waals surface area contributed by atoms with E-state index in [-0.39, 0.29) is 5.56 Å². The zero-order valence-electron chi connectivity index (χ0n) is 9.34. The standard InChI is InChI=1S/C13H16BrNO/c14-8-13(6-7-13)9-15-11-3-1-2-10(11)4-5-12(15)16/h4-5H,1-3,6-9H2. The molecule has 16 heavy (non-hydrogen) atoms. The van der Waals surface area contributed by atoms with Gasteiger partial charge in [0.25, 0.3) is 5.56 Å². The summed E-state index contributed by atoms with van der Waals surface area (Å²) in [5, 5.41) is 1.02. The van der Waals surface area contributed by atoms with Gasteiger partial charge in [-0.1, -0.05) is 22.0 Å². The third kappa shape index (κ3) is 1.65. The van der Waals surface area contributed by atoms with Gasteiger partial charge < -0.3 is 4.57 Å². The molecular weight excluding hydrogens is 266 g/mol. The predicted octanol–water partition coefficient (Wildman–Crippen LogP) is 2.51. The summed E-state index contributed by atoms with van der Waals surface area (Å²) in [5.41, 5.74) is 3.26. The number of hydrogen-bond donors (Lipinski definition) is 0. The van der Waals surface area contributed by atoms with Crippen molar-refractivity contribution in [2.24, 2.45) is 5.41 Å². The minimum absolute atomic E-state index is 0.188. The van der Waals surface area contributed by atoms with Gasteiger partial charge in [-0.15, -0.1) is 0 Å². The molecule has 0 radical (unpaired) electrons. The van der Waals surface area contributed by atoms with Gasteiger partial charge in [0, 0.05) is 23.6 Å². The van der Waals surface area contributed by atoms with Gasteiger partial charge in [0.1, 0.15) is 0 Å². The highest BCUT2D eigenvalue weighted by Crippen LogP contribution is 2.48. The van der Waals surface area contributed by atoms with Crippen LogP contribution in [0.2, 0.25) is 0 Å². The first-order valence-electron chi connectivity index (χ1n) is 6.02. The van der Waals surface area contributed by atoms with Crippen LogP contribution in [0.5, 0.6) is 0 Å². The van der Waals surface area contributed by atoms with E-state index in [0.29, 0.717) is 5.41 Å². The first-order valence-corrected chi connectivity index (χ1v) is 7.14. The number of aryl methyl sites for hydroxylation is 1. The summed E-state index contributed by atoms with van der Waals surface area (Å²) in [6.07, 6.45) is 5.96. The third-order valence-corrected chi connectivity index (χ3v) is 5.17. The average Bonchev–Trinajstić information content (AvgIpc) is 2.91. The van der Waals surface area contributed by atoms with Crippen molar-refractivity contribution in [2.45, 2.75) is 38.6 Å². The van der Waals surface area contributed by atoms with E-state index in [0.717, 1.165) is 24.7 Å². The molecule has 0 saturated heterocycles. The molecular formula is C13H16BrNO. The molecule has 1 saturated carbocycles. The van der Waals surface area contributed by atoms with Gasteiger partial charge in [-0.2, -0.15) is 0 Å². The van der Waals surface area contributed by atoms with E-state index in [1.165, 1.54) is 30.5 Å². The Morgan fingerprint density at radius 2 is 2.12 bits per heavy atom. The van der Waals surface area contributed by atoms with Crippen LogP contribution in [0, 0.1) is 5.41 Å². The monoisotopic (exact) mass is 281 g/mol. The van der Waals surface area contributed by atoms with E-state index in [1.54, 1.807) is 6.07 Å². The van der Waals surface area contributed by atoms with Crippen LogP contribution in [0.25, 0.3) is 0 Å². The van der Waals surface area contributed by atoms with Gasteiger partial charge in [-0.05, 0) is 43.1 Å². The van der Waals surface area contributed by atoms with Gasteiger partial charge in [-0.25, -0.2) is 0 Å². The molecule has 2 aliphatic carbocycles. The van der Waals surface area contributed by atoms with Crippen LogP contribution in [0.1, 0.15) is 30.5 Å². The van der Waals surface area contributed by atoms with Gasteiger partial charge >= 0.3 is 0 Å². The molecule has 1 heterocycles. The van der Waals surface area contributed by atoms with Gasteiger partial charge in [0.15, 0.2) is 0 Å². The van der Waals surface area contributed by atoms with Crippen LogP contribution in [-0.4, -0.2) is 9.90 Å². The highest BCUT2D eigenvalue weighted by Gasteiger charge is 2.42. The van der Waals surface area contributed by atoms with E-state index in [9.17, 15) is 4.79 Å². The number of pyridine rings is 1. The maximum absolute atomic E-state index is 11.9. The van der Waals surface area contributed by atoms with E-state index >= 15 is 0 Å². The Bertz CT molecular complexity index is 473. The Labute approximate surface area is 104 Å². The Hall–Kier alpha value is -0.570. The van der Waals surface area contributed by atoms with Crippen molar-refractivity contribution in [3.63, 3.8) is 0 Å². The predicted molar refractivity (Wildman–Crippen MR) is 68.2 cm³/mol. The SMILES string of the molecule is O=c1ccc2c(n1CC1(CBr)CC1)CCC2. The summed E-state index contributed by atoms with van der Waals surface area (Å²) >= 11 is 3.58. The first-order chi connectivity index (χ1) is 7.74. The van der Waals surface area contributed by atoms with E-state index in [4.69, 9.17) is 0 Å². The van der Waals surface area contributed by atoms with Crippen molar-refractivity contribution in [1.82, 2.24) is 4.57 Å². The summed E-state index contributed by atoms with van der Waals surface area (Å²) < 4.78 is 2.04. The van der Waals surface area contributed by atoms with E-state index in [2.05, 4.69) is 15.9 Å². The lowest BCUT2D eigenvalue weighted by Crippen LogP contribution is -2.27. The lowest BCUT2D eigenvalue weighted by molar-refractivity contribution is 0.455. The number of halogens is 1. The topological polar surface area (TPSA) is 22.0 Å². The summed E-state index contributed by atoms with van der Waals surface area (Å²) in [4.78, 5) is 11.9. The van der Waals surface area contributed by atoms with Crippen molar-refractivity contribution in [3.8, 4) is 0 Å². The molecule has 0 amide bonds. The van der Waals surface area contributed by atoms with Crippen LogP contribution in [0.3, 0.4) is 0 Å². The second-order valence-electron chi connectivity index (χ2n) is 5.22. The highest BCUT2D eigenvalue weighted by atomic mass is 79.9. The van der Waals surface area contributed by atoms with Crippen molar-refractivity contribution < 1.29 is 0 Å². The molecule has 0 N–H and O–H groups in total. The third-order valence-electron chi connectivity index (χ3n) is 3.98. The van der Waals surface area contributed by atoms with Crippen molar-refractivity contribution in [3.05, 3.63) is 33.7 Å². The van der Waals surface area contributed by atoms with Crippen LogP contribution in [0.15, 0.2) is 16.9 Å². The van der Waals surface area contributed by atoms with Gasteiger partial charge in [0.05, 0.1) is 0 Å². The molecule has 0 atom stereocenters. The second-order valence-corrected chi connectivity index (χ2v) is 5.78. The number of hydrogen-bond acceptors (Lipinski definition) is 1. The number of aromatic nitrogens is 1. The minimum Gasteiger partial charge on any atom is -0.312 e. The smallest absolute Gasteiger partial charge is 0.250 e. The van der Waals surface area contributed by atoms with Crippen molar-refractivity contribution >= 4 is 15.9 Å². The Kier molecular flexibility index (Phi) is 2.46. The number of rotatable bonds is 3. The Balaban J connectivity index is 2.00. The number of nitrogens with zero attached hydrogens (tertiary/aromatic N) is 1. The molecule has 0 aliphatic heterocycles. The minimum atomic E-state index is 0.188. The lowest BCUT2D eigenvalue weighted by Gasteiger charge is -2.17. The van der Waals surface area contributed by atoms with Crippen LogP contribution < -0.4 is 5.56 Å². The molecule has 1 aromatic rings. The molecule has 0 aromatic carbocycles. The van der Waals surface area contributed by atoms with Gasteiger partial charge in [0.2, 0.25) is 0 Å². The fraction of sp³-hybridized carbons (Fsp3) is 0.615. The highest BCUT2D eigenvalue weighted by molar-refractivity contribution is 9.09.